The Balaban J connectivity index is 2.19. The van der Waals surface area contributed by atoms with Crippen LogP contribution < -0.4 is 0 Å². The normalized spacial score (nSPS) is 37.3. The van der Waals surface area contributed by atoms with Gasteiger partial charge in [-0.3, -0.25) is 19.1 Å². The fourth-order valence-electron chi connectivity index (χ4n) is 6.45. The number of esters is 3. The summed E-state index contributed by atoms with van der Waals surface area (Å²) >= 11 is 0. The summed E-state index contributed by atoms with van der Waals surface area (Å²) in [6.45, 7) is 18.5. The van der Waals surface area contributed by atoms with E-state index < -0.39 is 47.6 Å². The molecule has 0 amide bonds. The number of aliphatic hydroxyl groups is 1. The molecule has 8 nitrogen and oxygen atoms in total. The maximum absolute atomic E-state index is 12.8. The van der Waals surface area contributed by atoms with Crippen LogP contribution in [0, 0.1) is 28.6 Å². The lowest BCUT2D eigenvalue weighted by Gasteiger charge is -2.60. The van der Waals surface area contributed by atoms with Gasteiger partial charge in [-0.25, -0.2) is 0 Å². The van der Waals surface area contributed by atoms with E-state index in [2.05, 4.69) is 27.0 Å². The van der Waals surface area contributed by atoms with Crippen LogP contribution in [0.3, 0.4) is 0 Å². The first kappa shape index (κ1) is 29.1. The molecule has 1 spiro atoms. The molecule has 1 saturated carbocycles. The van der Waals surface area contributed by atoms with Crippen LogP contribution in [-0.4, -0.2) is 47.8 Å². The summed E-state index contributed by atoms with van der Waals surface area (Å²) in [6, 6.07) is 0. The van der Waals surface area contributed by atoms with E-state index >= 15 is 0 Å². The third-order valence-corrected chi connectivity index (χ3v) is 8.95. The maximum atomic E-state index is 12.8. The molecule has 0 radical (unpaired) electrons. The lowest BCUT2D eigenvalue weighted by molar-refractivity contribution is -0.254. The average molecular weight is 519 g/mol. The van der Waals surface area contributed by atoms with E-state index in [0.29, 0.717) is 31.3 Å². The molecule has 1 saturated heterocycles. The van der Waals surface area contributed by atoms with Crippen molar-refractivity contribution in [2.45, 2.75) is 98.4 Å². The molecule has 9 atom stereocenters. The zero-order chi connectivity index (χ0) is 27.7. The number of hydrogen-bond acceptors (Lipinski definition) is 8. The fourth-order valence-corrected chi connectivity index (χ4v) is 6.45. The summed E-state index contributed by atoms with van der Waals surface area (Å²) in [4.78, 5) is 37.0. The van der Waals surface area contributed by atoms with E-state index in [0.717, 1.165) is 12.0 Å². The van der Waals surface area contributed by atoms with Gasteiger partial charge in [-0.1, -0.05) is 52.5 Å². The number of carbonyl (C=O) groups is 3. The Hall–Kier alpha value is -2.45. The van der Waals surface area contributed by atoms with Crippen molar-refractivity contribution in [2.24, 2.45) is 28.6 Å². The monoisotopic (exact) mass is 518 g/mol. The van der Waals surface area contributed by atoms with Gasteiger partial charge in [0.15, 0.2) is 0 Å². The SMILES string of the molecule is C=CC(=C)CC[C@]1(C)[C@H](C)C[C@H](O)[C@@]23C(=C[C@@H](OC(=O)[C@H](C)CC)C[C@@H]12)[C@@H](OC(C)=O)O[C@H]3OC(C)=O. The number of rotatable bonds is 9. The standard InChI is InChI=1S/C29H42O8/c1-9-16(3)11-12-28(8)18(5)13-24(32)29-22(26(34-19(6)30)37-27(29)35-20(7)31)14-21(15-23(28)29)36-25(33)17(4)10-2/h9,14,17-18,21,23-24,26-27,32H,1,3,10-13,15H2,2,4-8H3/t17-,18-,21-,23+,24+,26+,27-,28-,29-/m1/s1. The minimum atomic E-state index is -1.18. The van der Waals surface area contributed by atoms with E-state index in [9.17, 15) is 19.5 Å². The number of carbonyl (C=O) groups excluding carboxylic acids is 3. The van der Waals surface area contributed by atoms with Crippen molar-refractivity contribution < 1.29 is 38.4 Å². The van der Waals surface area contributed by atoms with Gasteiger partial charge in [-0.2, -0.15) is 0 Å². The molecule has 1 N–H and O–H groups in total. The topological polar surface area (TPSA) is 108 Å². The number of aliphatic hydroxyl groups excluding tert-OH is 1. The second-order valence-corrected chi connectivity index (χ2v) is 11.2. The molecular formula is C29H42O8. The zero-order valence-corrected chi connectivity index (χ0v) is 23.0. The zero-order valence-electron chi connectivity index (χ0n) is 23.0. The lowest BCUT2D eigenvalue weighted by Crippen LogP contribution is -2.63. The van der Waals surface area contributed by atoms with Gasteiger partial charge in [-0.05, 0) is 55.4 Å². The van der Waals surface area contributed by atoms with Crippen LogP contribution in [0.1, 0.15) is 73.6 Å². The predicted molar refractivity (Wildman–Crippen MR) is 137 cm³/mol. The Bertz CT molecular complexity index is 969. The molecule has 0 aromatic heterocycles. The highest BCUT2D eigenvalue weighted by atomic mass is 16.8. The van der Waals surface area contributed by atoms with Gasteiger partial charge < -0.3 is 19.3 Å². The molecule has 1 heterocycles. The van der Waals surface area contributed by atoms with Crippen LogP contribution in [0.15, 0.2) is 36.5 Å². The summed E-state index contributed by atoms with van der Waals surface area (Å²) in [6.07, 6.45) is 2.45. The van der Waals surface area contributed by atoms with Crippen molar-refractivity contribution in [3.05, 3.63) is 36.5 Å². The summed E-state index contributed by atoms with van der Waals surface area (Å²) in [5.74, 6) is -1.99. The number of ether oxygens (including phenoxy) is 4. The third-order valence-electron chi connectivity index (χ3n) is 8.95. The van der Waals surface area contributed by atoms with Gasteiger partial charge in [0.25, 0.3) is 0 Å². The average Bonchev–Trinajstić information content (AvgIpc) is 3.12. The van der Waals surface area contributed by atoms with Crippen molar-refractivity contribution in [1.82, 2.24) is 0 Å². The molecule has 37 heavy (non-hydrogen) atoms. The first-order valence-corrected chi connectivity index (χ1v) is 13.2. The first-order valence-electron chi connectivity index (χ1n) is 13.2. The smallest absolute Gasteiger partial charge is 0.309 e. The quantitative estimate of drug-likeness (QED) is 0.204. The molecule has 0 unspecified atom stereocenters. The number of allylic oxidation sites excluding steroid dienone is 2. The second kappa shape index (κ2) is 11.1. The van der Waals surface area contributed by atoms with Gasteiger partial charge in [0.1, 0.15) is 6.10 Å². The maximum Gasteiger partial charge on any atom is 0.309 e. The van der Waals surface area contributed by atoms with E-state index in [-0.39, 0.29) is 23.7 Å². The molecule has 206 valence electrons. The van der Waals surface area contributed by atoms with Crippen LogP contribution in [0.4, 0.5) is 0 Å². The Labute approximate surface area is 220 Å². The fraction of sp³-hybridized carbons (Fsp3) is 0.690. The highest BCUT2D eigenvalue weighted by molar-refractivity contribution is 5.72. The van der Waals surface area contributed by atoms with Gasteiger partial charge in [-0.15, -0.1) is 0 Å². The first-order chi connectivity index (χ1) is 17.3. The van der Waals surface area contributed by atoms with E-state index in [4.69, 9.17) is 18.9 Å². The van der Waals surface area contributed by atoms with Crippen LogP contribution in [0.25, 0.3) is 0 Å². The molecule has 0 aromatic carbocycles. The van der Waals surface area contributed by atoms with Crippen LogP contribution in [0.2, 0.25) is 0 Å². The molecule has 3 rings (SSSR count). The minimum absolute atomic E-state index is 0.0757. The van der Waals surface area contributed by atoms with Crippen LogP contribution in [-0.2, 0) is 33.3 Å². The van der Waals surface area contributed by atoms with Crippen molar-refractivity contribution in [2.75, 3.05) is 0 Å². The highest BCUT2D eigenvalue weighted by Gasteiger charge is 2.71. The van der Waals surface area contributed by atoms with Crippen molar-refractivity contribution in [3.63, 3.8) is 0 Å². The van der Waals surface area contributed by atoms with Gasteiger partial charge >= 0.3 is 17.9 Å². The summed E-state index contributed by atoms with van der Waals surface area (Å²) in [5.41, 5.74) is -0.169. The van der Waals surface area contributed by atoms with Crippen LogP contribution >= 0.6 is 0 Å². The molecule has 2 fully saturated rings. The Morgan fingerprint density at radius 2 is 1.86 bits per heavy atom. The minimum Gasteiger partial charge on any atom is -0.458 e. The Kier molecular flexibility index (Phi) is 8.75. The Morgan fingerprint density at radius 3 is 2.43 bits per heavy atom. The van der Waals surface area contributed by atoms with Crippen molar-refractivity contribution in [1.29, 1.82) is 0 Å². The molecule has 0 aromatic rings. The molecule has 1 aliphatic heterocycles. The molecule has 8 heteroatoms. The van der Waals surface area contributed by atoms with Crippen LogP contribution in [0.5, 0.6) is 0 Å². The molecule has 0 bridgehead atoms. The molecule has 3 aliphatic rings. The van der Waals surface area contributed by atoms with Crippen molar-refractivity contribution in [3.8, 4) is 0 Å². The largest absolute Gasteiger partial charge is 0.458 e. The summed E-state index contributed by atoms with van der Waals surface area (Å²) in [5, 5.41) is 11.7. The van der Waals surface area contributed by atoms with Gasteiger partial charge in [0.2, 0.25) is 12.6 Å². The predicted octanol–water partition coefficient (Wildman–Crippen LogP) is 4.62. The molecule has 2 aliphatic carbocycles. The summed E-state index contributed by atoms with van der Waals surface area (Å²) in [7, 11) is 0. The van der Waals surface area contributed by atoms with E-state index in [1.807, 2.05) is 13.8 Å². The van der Waals surface area contributed by atoms with E-state index in [1.54, 1.807) is 12.2 Å². The van der Waals surface area contributed by atoms with E-state index in [1.165, 1.54) is 13.8 Å². The van der Waals surface area contributed by atoms with Gasteiger partial charge in [0, 0.05) is 19.4 Å². The second-order valence-electron chi connectivity index (χ2n) is 11.2. The lowest BCUT2D eigenvalue weighted by atomic mass is 9.45. The highest BCUT2D eigenvalue weighted by Crippen LogP contribution is 2.67. The third kappa shape index (κ3) is 5.28. The number of hydrogen-bond donors (Lipinski definition) is 1. The van der Waals surface area contributed by atoms with Gasteiger partial charge in [0.05, 0.1) is 17.4 Å². The summed E-state index contributed by atoms with van der Waals surface area (Å²) < 4.78 is 23.2. The van der Waals surface area contributed by atoms with Crippen molar-refractivity contribution >= 4 is 17.9 Å². The molecular weight excluding hydrogens is 476 g/mol. The Morgan fingerprint density at radius 1 is 1.22 bits per heavy atom.